The van der Waals surface area contributed by atoms with Crippen LogP contribution >= 0.6 is 0 Å². The molecule has 0 heterocycles. The van der Waals surface area contributed by atoms with Crippen molar-refractivity contribution in [2.45, 2.75) is 52.4 Å². The standard InChI is InChI=1S/C43H44O4/c1-42(2,3)36-11-7-9-34(27-36)30-13-17-32(18-14-30)40(25-26-46-38-21-23-39(24-22-38)47-29-41(44)45)33-19-15-31(16-20-33)35-10-8-12-37(28-35)43(4,5)6/h7-25,27-28H,26,29H2,1-6H3,(H,44,45). The maximum Gasteiger partial charge on any atom is 0.341 e. The summed E-state index contributed by atoms with van der Waals surface area (Å²) in [7, 11) is 0. The first-order valence-corrected chi connectivity index (χ1v) is 16.1. The lowest BCUT2D eigenvalue weighted by atomic mass is 9.85. The number of aliphatic carboxylic acids is 1. The fourth-order valence-corrected chi connectivity index (χ4v) is 5.42. The average Bonchev–Trinajstić information content (AvgIpc) is 3.06. The number of carboxylic acids is 1. The Hall–Kier alpha value is -5.09. The van der Waals surface area contributed by atoms with E-state index in [1.807, 2.05) is 0 Å². The van der Waals surface area contributed by atoms with Crippen LogP contribution < -0.4 is 9.47 Å². The van der Waals surface area contributed by atoms with Gasteiger partial charge in [-0.05, 0) is 91.3 Å². The molecule has 0 bridgehead atoms. The quantitative estimate of drug-likeness (QED) is 0.168. The Bertz CT molecular complexity index is 1730. The first-order chi connectivity index (χ1) is 22.4. The predicted octanol–water partition coefficient (Wildman–Crippen LogP) is 10.6. The van der Waals surface area contributed by atoms with Crippen LogP contribution in [0.1, 0.15) is 63.8 Å². The first-order valence-electron chi connectivity index (χ1n) is 16.1. The van der Waals surface area contributed by atoms with E-state index in [0.717, 1.165) is 16.7 Å². The van der Waals surface area contributed by atoms with E-state index in [9.17, 15) is 4.79 Å². The molecule has 5 aromatic carbocycles. The largest absolute Gasteiger partial charge is 0.490 e. The van der Waals surface area contributed by atoms with E-state index in [1.54, 1.807) is 24.3 Å². The highest BCUT2D eigenvalue weighted by Crippen LogP contribution is 2.32. The van der Waals surface area contributed by atoms with Crippen molar-refractivity contribution >= 4 is 11.5 Å². The minimum Gasteiger partial charge on any atom is -0.490 e. The van der Waals surface area contributed by atoms with Crippen LogP contribution in [-0.2, 0) is 15.6 Å². The van der Waals surface area contributed by atoms with Gasteiger partial charge in [0.05, 0.1) is 0 Å². The van der Waals surface area contributed by atoms with Gasteiger partial charge in [0.25, 0.3) is 0 Å². The molecule has 1 N–H and O–H groups in total. The van der Waals surface area contributed by atoms with E-state index in [0.29, 0.717) is 18.1 Å². The average molecular weight is 625 g/mol. The van der Waals surface area contributed by atoms with Crippen molar-refractivity contribution in [3.63, 3.8) is 0 Å². The molecule has 0 fully saturated rings. The van der Waals surface area contributed by atoms with E-state index >= 15 is 0 Å². The lowest BCUT2D eigenvalue weighted by Crippen LogP contribution is -2.10. The normalized spacial score (nSPS) is 11.5. The van der Waals surface area contributed by atoms with Crippen molar-refractivity contribution in [3.8, 4) is 33.8 Å². The minimum absolute atomic E-state index is 0.0812. The second-order valence-electron chi connectivity index (χ2n) is 13.9. The molecule has 0 amide bonds. The van der Waals surface area contributed by atoms with Crippen LogP contribution in [0.15, 0.2) is 127 Å². The Labute approximate surface area is 279 Å². The summed E-state index contributed by atoms with van der Waals surface area (Å²) in [5.41, 5.74) is 10.8. The zero-order chi connectivity index (χ0) is 33.6. The molecule has 0 saturated carbocycles. The van der Waals surface area contributed by atoms with Gasteiger partial charge in [0, 0.05) is 0 Å². The van der Waals surface area contributed by atoms with Gasteiger partial charge in [0.2, 0.25) is 0 Å². The van der Waals surface area contributed by atoms with Crippen molar-refractivity contribution in [2.75, 3.05) is 13.2 Å². The highest BCUT2D eigenvalue weighted by Gasteiger charge is 2.16. The van der Waals surface area contributed by atoms with Gasteiger partial charge in [-0.25, -0.2) is 4.79 Å². The molecule has 0 radical (unpaired) electrons. The molecular formula is C43H44O4. The summed E-state index contributed by atoms with van der Waals surface area (Å²) in [6, 6.07) is 42.0. The first kappa shape index (κ1) is 33.3. The SMILES string of the molecule is CC(C)(C)c1cccc(-c2ccc(C(=CCOc3ccc(OCC(=O)O)cc3)c3ccc(-c4cccc(C(C)(C)C)c4)cc3)cc2)c1. The number of hydrogen-bond acceptors (Lipinski definition) is 3. The molecular weight excluding hydrogens is 580 g/mol. The number of carbonyl (C=O) groups is 1. The molecule has 0 atom stereocenters. The number of hydrogen-bond donors (Lipinski definition) is 1. The Morgan fingerprint density at radius 3 is 1.40 bits per heavy atom. The second kappa shape index (κ2) is 14.1. The monoisotopic (exact) mass is 624 g/mol. The van der Waals surface area contributed by atoms with Crippen molar-refractivity contribution in [2.24, 2.45) is 0 Å². The van der Waals surface area contributed by atoms with Gasteiger partial charge in [-0.2, -0.15) is 0 Å². The van der Waals surface area contributed by atoms with Gasteiger partial charge in [-0.15, -0.1) is 0 Å². The fourth-order valence-electron chi connectivity index (χ4n) is 5.42. The van der Waals surface area contributed by atoms with Crippen LogP contribution in [0.5, 0.6) is 11.5 Å². The number of carboxylic acid groups (broad SMARTS) is 1. The zero-order valence-corrected chi connectivity index (χ0v) is 28.2. The minimum atomic E-state index is -1.01. The highest BCUT2D eigenvalue weighted by molar-refractivity contribution is 5.82. The number of ether oxygens (including phenoxy) is 2. The maximum absolute atomic E-state index is 10.8. The Kier molecular flexibility index (Phi) is 10.0. The van der Waals surface area contributed by atoms with E-state index in [1.165, 1.54) is 33.4 Å². The van der Waals surface area contributed by atoms with E-state index in [4.69, 9.17) is 14.6 Å². The van der Waals surface area contributed by atoms with Crippen LogP contribution in [0.3, 0.4) is 0 Å². The van der Waals surface area contributed by atoms with Crippen LogP contribution in [-0.4, -0.2) is 24.3 Å². The van der Waals surface area contributed by atoms with Gasteiger partial charge >= 0.3 is 5.97 Å². The zero-order valence-electron chi connectivity index (χ0n) is 28.2. The van der Waals surface area contributed by atoms with Gasteiger partial charge in [0.1, 0.15) is 18.1 Å². The summed E-state index contributed by atoms with van der Waals surface area (Å²) in [6.07, 6.45) is 2.11. The van der Waals surface area contributed by atoms with E-state index < -0.39 is 5.97 Å². The Morgan fingerprint density at radius 1 is 0.574 bits per heavy atom. The molecule has 0 saturated heterocycles. The number of rotatable bonds is 10. The third-order valence-electron chi connectivity index (χ3n) is 8.24. The second-order valence-corrected chi connectivity index (χ2v) is 13.9. The van der Waals surface area contributed by atoms with Crippen LogP contribution in [0, 0.1) is 0 Å². The Balaban J connectivity index is 1.42. The van der Waals surface area contributed by atoms with E-state index in [2.05, 4.69) is 145 Å². The molecule has 5 rings (SSSR count). The van der Waals surface area contributed by atoms with Gasteiger partial charge in [-0.1, -0.05) is 139 Å². The lowest BCUT2D eigenvalue weighted by molar-refractivity contribution is -0.139. The summed E-state index contributed by atoms with van der Waals surface area (Å²) in [5.74, 6) is 0.143. The number of benzene rings is 5. The lowest BCUT2D eigenvalue weighted by Gasteiger charge is -2.20. The summed E-state index contributed by atoms with van der Waals surface area (Å²) in [5, 5.41) is 8.86. The van der Waals surface area contributed by atoms with Crippen molar-refractivity contribution < 1.29 is 19.4 Å². The van der Waals surface area contributed by atoms with Crippen molar-refractivity contribution in [1.82, 2.24) is 0 Å². The molecule has 0 aliphatic carbocycles. The molecule has 240 valence electrons. The molecule has 4 heteroatoms. The summed E-state index contributed by atoms with van der Waals surface area (Å²) < 4.78 is 11.3. The third-order valence-corrected chi connectivity index (χ3v) is 8.24. The molecule has 0 aliphatic heterocycles. The third kappa shape index (κ3) is 8.80. The molecule has 0 aliphatic rings. The fraction of sp³-hybridized carbons (Fsp3) is 0.233. The molecule has 0 spiro atoms. The highest BCUT2D eigenvalue weighted by atomic mass is 16.5. The van der Waals surface area contributed by atoms with Crippen LogP contribution in [0.4, 0.5) is 0 Å². The molecule has 47 heavy (non-hydrogen) atoms. The van der Waals surface area contributed by atoms with Gasteiger partial charge in [-0.3, -0.25) is 0 Å². The summed E-state index contributed by atoms with van der Waals surface area (Å²) >= 11 is 0. The smallest absolute Gasteiger partial charge is 0.341 e. The Morgan fingerprint density at radius 2 is 1.00 bits per heavy atom. The van der Waals surface area contributed by atoms with Crippen molar-refractivity contribution in [1.29, 1.82) is 0 Å². The molecule has 4 nitrogen and oxygen atoms in total. The summed E-state index contributed by atoms with van der Waals surface area (Å²) in [6.45, 7) is 13.4. The van der Waals surface area contributed by atoms with Crippen LogP contribution in [0.25, 0.3) is 27.8 Å². The van der Waals surface area contributed by atoms with Crippen LogP contribution in [0.2, 0.25) is 0 Å². The van der Waals surface area contributed by atoms with E-state index in [-0.39, 0.29) is 17.4 Å². The predicted molar refractivity (Wildman–Crippen MR) is 193 cm³/mol. The van der Waals surface area contributed by atoms with Crippen molar-refractivity contribution in [3.05, 3.63) is 150 Å². The molecule has 5 aromatic rings. The molecule has 0 aromatic heterocycles. The molecule has 0 unspecified atom stereocenters. The van der Waals surface area contributed by atoms with Gasteiger partial charge < -0.3 is 14.6 Å². The topological polar surface area (TPSA) is 55.8 Å². The maximum atomic E-state index is 10.8. The summed E-state index contributed by atoms with van der Waals surface area (Å²) in [4.78, 5) is 10.8. The van der Waals surface area contributed by atoms with Gasteiger partial charge in [0.15, 0.2) is 6.61 Å².